The first-order valence-electron chi connectivity index (χ1n) is 6.59. The number of benzene rings is 1. The van der Waals surface area contributed by atoms with E-state index in [9.17, 15) is 4.79 Å². The predicted octanol–water partition coefficient (Wildman–Crippen LogP) is 2.29. The van der Waals surface area contributed by atoms with E-state index in [2.05, 4.69) is 22.4 Å². The Bertz CT molecular complexity index is 594. The second-order valence-corrected chi connectivity index (χ2v) is 4.61. The van der Waals surface area contributed by atoms with Crippen molar-refractivity contribution in [3.05, 3.63) is 41.5 Å². The van der Waals surface area contributed by atoms with E-state index in [1.54, 1.807) is 18.2 Å². The minimum Gasteiger partial charge on any atom is -0.374 e. The predicted molar refractivity (Wildman–Crippen MR) is 75.3 cm³/mol. The molecule has 0 fully saturated rings. The molecule has 1 unspecified atom stereocenters. The van der Waals surface area contributed by atoms with Crippen LogP contribution in [0.3, 0.4) is 0 Å². The number of anilines is 1. The third-order valence-electron chi connectivity index (χ3n) is 2.86. The van der Waals surface area contributed by atoms with Crippen LogP contribution in [0.15, 0.2) is 28.8 Å². The number of hydrogen-bond acceptors (Lipinski definition) is 5. The summed E-state index contributed by atoms with van der Waals surface area (Å²) in [4.78, 5) is 15.5. The van der Waals surface area contributed by atoms with Crippen LogP contribution in [-0.4, -0.2) is 16.0 Å². The summed E-state index contributed by atoms with van der Waals surface area (Å²) in [5.74, 6) is 0.782. The van der Waals surface area contributed by atoms with Gasteiger partial charge in [-0.25, -0.2) is 0 Å². The lowest BCUT2D eigenvalue weighted by atomic mass is 10.2. The summed E-state index contributed by atoms with van der Waals surface area (Å²) in [6, 6.07) is 6.85. The number of nitrogens with one attached hydrogen (secondary N) is 1. The topological polar surface area (TPSA) is 94.0 Å². The quantitative estimate of drug-likeness (QED) is 0.842. The molecule has 0 aliphatic heterocycles. The Morgan fingerprint density at radius 2 is 2.30 bits per heavy atom. The van der Waals surface area contributed by atoms with Gasteiger partial charge in [0.1, 0.15) is 6.04 Å². The van der Waals surface area contributed by atoms with Gasteiger partial charge in [0.05, 0.1) is 0 Å². The van der Waals surface area contributed by atoms with Crippen LogP contribution in [0.2, 0.25) is 0 Å². The van der Waals surface area contributed by atoms with Crippen molar-refractivity contribution in [2.24, 2.45) is 5.73 Å². The molecule has 0 saturated heterocycles. The fourth-order valence-corrected chi connectivity index (χ4v) is 1.84. The standard InChI is InChI=1S/C14H18N4O2/c1-3-5-12-17-14(20-18-12)9(2)16-11-7-4-6-10(8-11)13(15)19/h4,6-9,16H,3,5H2,1-2H3,(H2,15,19). The van der Waals surface area contributed by atoms with Crippen molar-refractivity contribution in [2.45, 2.75) is 32.7 Å². The Kier molecular flexibility index (Phi) is 4.34. The zero-order valence-electron chi connectivity index (χ0n) is 11.6. The van der Waals surface area contributed by atoms with Crippen LogP contribution in [0.25, 0.3) is 0 Å². The summed E-state index contributed by atoms with van der Waals surface area (Å²) in [5.41, 5.74) is 6.49. The van der Waals surface area contributed by atoms with Gasteiger partial charge in [0, 0.05) is 17.7 Å². The number of primary amides is 1. The minimum atomic E-state index is -0.454. The molecule has 0 saturated carbocycles. The lowest BCUT2D eigenvalue weighted by Crippen LogP contribution is -2.12. The van der Waals surface area contributed by atoms with Crippen LogP contribution in [0.1, 0.15) is 48.4 Å². The molecule has 6 nitrogen and oxygen atoms in total. The van der Waals surface area contributed by atoms with Gasteiger partial charge in [-0.2, -0.15) is 4.98 Å². The average Bonchev–Trinajstić information content (AvgIpc) is 2.88. The van der Waals surface area contributed by atoms with Crippen LogP contribution in [0.4, 0.5) is 5.69 Å². The highest BCUT2D eigenvalue weighted by Crippen LogP contribution is 2.19. The van der Waals surface area contributed by atoms with Crippen LogP contribution >= 0.6 is 0 Å². The van der Waals surface area contributed by atoms with E-state index in [-0.39, 0.29) is 6.04 Å². The highest BCUT2D eigenvalue weighted by molar-refractivity contribution is 5.93. The van der Waals surface area contributed by atoms with Crippen LogP contribution in [-0.2, 0) is 6.42 Å². The normalized spacial score (nSPS) is 12.1. The van der Waals surface area contributed by atoms with Gasteiger partial charge in [0.25, 0.3) is 0 Å². The van der Waals surface area contributed by atoms with Crippen molar-refractivity contribution in [2.75, 3.05) is 5.32 Å². The molecule has 20 heavy (non-hydrogen) atoms. The van der Waals surface area contributed by atoms with Crippen molar-refractivity contribution in [1.82, 2.24) is 10.1 Å². The maximum Gasteiger partial charge on any atom is 0.248 e. The van der Waals surface area contributed by atoms with Gasteiger partial charge in [0.15, 0.2) is 5.82 Å². The molecule has 1 heterocycles. The highest BCUT2D eigenvalue weighted by atomic mass is 16.5. The van der Waals surface area contributed by atoms with E-state index in [0.29, 0.717) is 17.3 Å². The Labute approximate surface area is 117 Å². The first-order valence-corrected chi connectivity index (χ1v) is 6.59. The van der Waals surface area contributed by atoms with Crippen LogP contribution < -0.4 is 11.1 Å². The van der Waals surface area contributed by atoms with Crippen molar-refractivity contribution < 1.29 is 9.32 Å². The van der Waals surface area contributed by atoms with E-state index >= 15 is 0 Å². The van der Waals surface area contributed by atoms with Crippen LogP contribution in [0, 0.1) is 0 Å². The van der Waals surface area contributed by atoms with E-state index in [0.717, 1.165) is 18.5 Å². The molecule has 2 aromatic rings. The summed E-state index contributed by atoms with van der Waals surface area (Å²) in [5, 5.41) is 7.12. The molecule has 2 rings (SSSR count). The zero-order chi connectivity index (χ0) is 14.5. The number of aromatic nitrogens is 2. The molecule has 1 atom stereocenters. The largest absolute Gasteiger partial charge is 0.374 e. The number of nitrogens with two attached hydrogens (primary N) is 1. The number of aryl methyl sites for hydroxylation is 1. The van der Waals surface area contributed by atoms with Gasteiger partial charge < -0.3 is 15.6 Å². The number of carbonyl (C=O) groups excluding carboxylic acids is 1. The molecule has 1 aromatic carbocycles. The summed E-state index contributed by atoms with van der Waals surface area (Å²) in [6.07, 6.45) is 1.77. The molecule has 3 N–H and O–H groups in total. The molecule has 6 heteroatoms. The molecular weight excluding hydrogens is 256 g/mol. The van der Waals surface area contributed by atoms with Gasteiger partial charge in [-0.05, 0) is 31.5 Å². The average molecular weight is 274 g/mol. The third-order valence-corrected chi connectivity index (χ3v) is 2.86. The molecule has 0 bridgehead atoms. The molecule has 1 aromatic heterocycles. The summed E-state index contributed by atoms with van der Waals surface area (Å²) >= 11 is 0. The summed E-state index contributed by atoms with van der Waals surface area (Å²) in [7, 11) is 0. The number of amides is 1. The summed E-state index contributed by atoms with van der Waals surface area (Å²) in [6.45, 7) is 3.98. The third kappa shape index (κ3) is 3.34. The summed E-state index contributed by atoms with van der Waals surface area (Å²) < 4.78 is 5.21. The van der Waals surface area contributed by atoms with Crippen molar-refractivity contribution in [3.8, 4) is 0 Å². The number of rotatable bonds is 6. The smallest absolute Gasteiger partial charge is 0.248 e. The number of hydrogen-bond donors (Lipinski definition) is 2. The van der Waals surface area contributed by atoms with Gasteiger partial charge in [-0.3, -0.25) is 4.79 Å². The maximum absolute atomic E-state index is 11.1. The second kappa shape index (κ2) is 6.18. The van der Waals surface area contributed by atoms with E-state index in [4.69, 9.17) is 10.3 Å². The highest BCUT2D eigenvalue weighted by Gasteiger charge is 2.14. The van der Waals surface area contributed by atoms with Gasteiger partial charge >= 0.3 is 0 Å². The lowest BCUT2D eigenvalue weighted by Gasteiger charge is -2.11. The molecule has 0 aliphatic carbocycles. The fourth-order valence-electron chi connectivity index (χ4n) is 1.84. The Morgan fingerprint density at radius 1 is 1.50 bits per heavy atom. The zero-order valence-corrected chi connectivity index (χ0v) is 11.6. The Morgan fingerprint density at radius 3 is 3.00 bits per heavy atom. The van der Waals surface area contributed by atoms with Crippen LogP contribution in [0.5, 0.6) is 0 Å². The van der Waals surface area contributed by atoms with Gasteiger partial charge in [0.2, 0.25) is 11.8 Å². The first kappa shape index (κ1) is 14.0. The fraction of sp³-hybridized carbons (Fsp3) is 0.357. The Balaban J connectivity index is 2.08. The van der Waals surface area contributed by atoms with Crippen molar-refractivity contribution >= 4 is 11.6 Å². The SMILES string of the molecule is CCCc1noc(C(C)Nc2cccc(C(N)=O)c2)n1. The van der Waals surface area contributed by atoms with Gasteiger partial charge in [-0.1, -0.05) is 18.1 Å². The van der Waals surface area contributed by atoms with E-state index < -0.39 is 5.91 Å². The molecule has 106 valence electrons. The number of nitrogens with zero attached hydrogens (tertiary/aromatic N) is 2. The monoisotopic (exact) mass is 274 g/mol. The Hall–Kier alpha value is -2.37. The minimum absolute atomic E-state index is 0.142. The maximum atomic E-state index is 11.1. The first-order chi connectivity index (χ1) is 9.60. The molecular formula is C14H18N4O2. The molecule has 1 amide bonds. The molecule has 0 aliphatic rings. The lowest BCUT2D eigenvalue weighted by molar-refractivity contribution is 0.100. The number of carbonyl (C=O) groups is 1. The van der Waals surface area contributed by atoms with E-state index in [1.165, 1.54) is 0 Å². The van der Waals surface area contributed by atoms with Crippen molar-refractivity contribution in [1.29, 1.82) is 0 Å². The van der Waals surface area contributed by atoms with E-state index in [1.807, 2.05) is 13.0 Å². The second-order valence-electron chi connectivity index (χ2n) is 4.61. The van der Waals surface area contributed by atoms with Crippen molar-refractivity contribution in [3.63, 3.8) is 0 Å². The molecule has 0 radical (unpaired) electrons. The molecule has 0 spiro atoms. The van der Waals surface area contributed by atoms with Gasteiger partial charge in [-0.15, -0.1) is 0 Å².